The Kier molecular flexibility index (Phi) is 4.72. The van der Waals surface area contributed by atoms with Crippen LogP contribution in [0.5, 0.6) is 0 Å². The Labute approximate surface area is 125 Å². The highest BCUT2D eigenvalue weighted by atomic mass is 16.6. The van der Waals surface area contributed by atoms with E-state index in [1.807, 2.05) is 30.3 Å². The molecule has 1 N–H and O–H groups in total. The van der Waals surface area contributed by atoms with Crippen LogP contribution in [-0.4, -0.2) is 49.4 Å². The largest absolute Gasteiger partial charge is 0.445 e. The summed E-state index contributed by atoms with van der Waals surface area (Å²) in [5, 5.41) is 3.56. The van der Waals surface area contributed by atoms with E-state index < -0.39 is 0 Å². The molecule has 0 spiro atoms. The predicted octanol–water partition coefficient (Wildman–Crippen LogP) is 1.78. The lowest BCUT2D eigenvalue weighted by Crippen LogP contribution is -2.41. The highest BCUT2D eigenvalue weighted by Gasteiger charge is 2.29. The third-order valence-corrected chi connectivity index (χ3v) is 4.05. The van der Waals surface area contributed by atoms with E-state index in [1.165, 1.54) is 0 Å². The second kappa shape index (κ2) is 6.91. The lowest BCUT2D eigenvalue weighted by molar-refractivity contribution is 0.103. The summed E-state index contributed by atoms with van der Waals surface area (Å²) in [6, 6.07) is 10.6. The van der Waals surface area contributed by atoms with Crippen molar-refractivity contribution in [3.05, 3.63) is 35.9 Å². The zero-order chi connectivity index (χ0) is 14.5. The van der Waals surface area contributed by atoms with Gasteiger partial charge >= 0.3 is 6.09 Å². The van der Waals surface area contributed by atoms with Crippen LogP contribution < -0.4 is 5.32 Å². The summed E-state index contributed by atoms with van der Waals surface area (Å²) in [4.78, 5) is 13.8. The number of amides is 1. The highest BCUT2D eigenvalue weighted by Crippen LogP contribution is 2.14. The maximum atomic E-state index is 12.1. The molecular weight excluding hydrogens is 268 g/mol. The molecule has 5 nitrogen and oxygen atoms in total. The van der Waals surface area contributed by atoms with Gasteiger partial charge in [0.1, 0.15) is 6.61 Å². The molecule has 2 fully saturated rings. The Morgan fingerprint density at radius 1 is 1.29 bits per heavy atom. The number of carbonyl (C=O) groups is 1. The van der Waals surface area contributed by atoms with Crippen molar-refractivity contribution in [1.29, 1.82) is 0 Å². The number of carbonyl (C=O) groups excluding carboxylic acids is 1. The number of ether oxygens (including phenoxy) is 2. The standard InChI is InChI=1S/C16H22N2O3/c19-16(21-11-13-4-2-1-3-5-13)18-8-6-14(10-18)17-15-7-9-20-12-15/h1-5,14-15,17H,6-12H2. The third kappa shape index (κ3) is 3.95. The smallest absolute Gasteiger partial charge is 0.410 e. The monoisotopic (exact) mass is 290 g/mol. The second-order valence-electron chi connectivity index (χ2n) is 5.70. The molecule has 2 aliphatic heterocycles. The Bertz CT molecular complexity index is 460. The molecule has 2 saturated heterocycles. The zero-order valence-corrected chi connectivity index (χ0v) is 12.2. The van der Waals surface area contributed by atoms with Gasteiger partial charge in [-0.2, -0.15) is 0 Å². The van der Waals surface area contributed by atoms with Gasteiger partial charge in [0, 0.05) is 31.8 Å². The Morgan fingerprint density at radius 3 is 2.90 bits per heavy atom. The molecule has 0 aliphatic carbocycles. The van der Waals surface area contributed by atoms with Crippen LogP contribution in [0.3, 0.4) is 0 Å². The number of hydrogen-bond donors (Lipinski definition) is 1. The lowest BCUT2D eigenvalue weighted by atomic mass is 10.2. The molecule has 5 heteroatoms. The molecule has 1 aromatic carbocycles. The fourth-order valence-corrected chi connectivity index (χ4v) is 2.87. The van der Waals surface area contributed by atoms with Gasteiger partial charge in [-0.15, -0.1) is 0 Å². The van der Waals surface area contributed by atoms with Crippen LogP contribution in [0.1, 0.15) is 18.4 Å². The lowest BCUT2D eigenvalue weighted by Gasteiger charge is -2.19. The summed E-state index contributed by atoms with van der Waals surface area (Å²) in [6.07, 6.45) is 1.83. The quantitative estimate of drug-likeness (QED) is 0.918. The predicted molar refractivity (Wildman–Crippen MR) is 79.0 cm³/mol. The van der Waals surface area contributed by atoms with Gasteiger partial charge in [0.2, 0.25) is 0 Å². The van der Waals surface area contributed by atoms with Gasteiger partial charge in [-0.25, -0.2) is 4.79 Å². The summed E-state index contributed by atoms with van der Waals surface area (Å²) in [5.41, 5.74) is 1.02. The van der Waals surface area contributed by atoms with E-state index in [-0.39, 0.29) is 6.09 Å². The molecule has 2 unspecified atom stereocenters. The minimum absolute atomic E-state index is 0.217. The van der Waals surface area contributed by atoms with Crippen molar-refractivity contribution >= 4 is 6.09 Å². The molecule has 3 rings (SSSR count). The van der Waals surface area contributed by atoms with E-state index in [0.717, 1.165) is 44.7 Å². The molecule has 0 saturated carbocycles. The molecule has 2 aliphatic rings. The van der Waals surface area contributed by atoms with Crippen LogP contribution >= 0.6 is 0 Å². The van der Waals surface area contributed by atoms with Gasteiger partial charge in [0.25, 0.3) is 0 Å². The van der Waals surface area contributed by atoms with E-state index in [1.54, 1.807) is 4.90 Å². The molecule has 1 amide bonds. The fourth-order valence-electron chi connectivity index (χ4n) is 2.87. The number of nitrogens with one attached hydrogen (secondary N) is 1. The number of nitrogens with zero attached hydrogens (tertiary/aromatic N) is 1. The molecule has 0 bridgehead atoms. The van der Waals surface area contributed by atoms with Gasteiger partial charge < -0.3 is 19.7 Å². The van der Waals surface area contributed by atoms with Crippen molar-refractivity contribution in [2.45, 2.75) is 31.5 Å². The zero-order valence-electron chi connectivity index (χ0n) is 12.2. The van der Waals surface area contributed by atoms with E-state index in [0.29, 0.717) is 18.7 Å². The first kappa shape index (κ1) is 14.4. The minimum atomic E-state index is -0.217. The van der Waals surface area contributed by atoms with Gasteiger partial charge in [-0.1, -0.05) is 30.3 Å². The van der Waals surface area contributed by atoms with Crippen LogP contribution in [-0.2, 0) is 16.1 Å². The third-order valence-electron chi connectivity index (χ3n) is 4.05. The van der Waals surface area contributed by atoms with Crippen molar-refractivity contribution in [2.75, 3.05) is 26.3 Å². The number of rotatable bonds is 4. The molecule has 114 valence electrons. The molecule has 0 radical (unpaired) electrons. The molecule has 0 aromatic heterocycles. The van der Waals surface area contributed by atoms with Crippen molar-refractivity contribution in [3.8, 4) is 0 Å². The van der Waals surface area contributed by atoms with Crippen LogP contribution in [0, 0.1) is 0 Å². The van der Waals surface area contributed by atoms with Crippen molar-refractivity contribution in [3.63, 3.8) is 0 Å². The highest BCUT2D eigenvalue weighted by molar-refractivity contribution is 5.68. The summed E-state index contributed by atoms with van der Waals surface area (Å²) in [5.74, 6) is 0. The van der Waals surface area contributed by atoms with Gasteiger partial charge in [0.15, 0.2) is 0 Å². The first-order valence-electron chi connectivity index (χ1n) is 7.60. The van der Waals surface area contributed by atoms with Gasteiger partial charge in [0.05, 0.1) is 6.61 Å². The van der Waals surface area contributed by atoms with E-state index in [2.05, 4.69) is 5.32 Å². The summed E-state index contributed by atoms with van der Waals surface area (Å²) < 4.78 is 10.7. The Balaban J connectivity index is 1.41. The molecular formula is C16H22N2O3. The van der Waals surface area contributed by atoms with Crippen molar-refractivity contribution in [1.82, 2.24) is 10.2 Å². The first-order valence-corrected chi connectivity index (χ1v) is 7.60. The van der Waals surface area contributed by atoms with Crippen molar-refractivity contribution < 1.29 is 14.3 Å². The number of benzene rings is 1. The van der Waals surface area contributed by atoms with E-state index >= 15 is 0 Å². The number of hydrogen-bond acceptors (Lipinski definition) is 4. The van der Waals surface area contributed by atoms with Gasteiger partial charge in [-0.3, -0.25) is 0 Å². The SMILES string of the molecule is O=C(OCc1ccccc1)N1CCC(NC2CCOC2)C1. The van der Waals surface area contributed by atoms with Crippen LogP contribution in [0.15, 0.2) is 30.3 Å². The summed E-state index contributed by atoms with van der Waals surface area (Å²) >= 11 is 0. The first-order chi connectivity index (χ1) is 10.3. The van der Waals surface area contributed by atoms with Crippen LogP contribution in [0.25, 0.3) is 0 Å². The molecule has 2 heterocycles. The topological polar surface area (TPSA) is 50.8 Å². The molecule has 21 heavy (non-hydrogen) atoms. The average molecular weight is 290 g/mol. The molecule has 1 aromatic rings. The van der Waals surface area contributed by atoms with E-state index in [9.17, 15) is 4.79 Å². The average Bonchev–Trinajstić information content (AvgIpc) is 3.18. The number of likely N-dealkylation sites (tertiary alicyclic amines) is 1. The minimum Gasteiger partial charge on any atom is -0.445 e. The summed E-state index contributed by atoms with van der Waals surface area (Å²) in [7, 11) is 0. The fraction of sp³-hybridized carbons (Fsp3) is 0.562. The van der Waals surface area contributed by atoms with Gasteiger partial charge in [-0.05, 0) is 18.4 Å². The Hall–Kier alpha value is -1.59. The normalized spacial score (nSPS) is 25.2. The maximum Gasteiger partial charge on any atom is 0.410 e. The van der Waals surface area contributed by atoms with Crippen LogP contribution in [0.2, 0.25) is 0 Å². The molecule has 2 atom stereocenters. The summed E-state index contributed by atoms with van der Waals surface area (Å²) in [6.45, 7) is 3.45. The van der Waals surface area contributed by atoms with Crippen molar-refractivity contribution in [2.24, 2.45) is 0 Å². The van der Waals surface area contributed by atoms with Crippen LogP contribution in [0.4, 0.5) is 4.79 Å². The van der Waals surface area contributed by atoms with E-state index in [4.69, 9.17) is 9.47 Å². The second-order valence-corrected chi connectivity index (χ2v) is 5.70. The Morgan fingerprint density at radius 2 is 2.14 bits per heavy atom. The maximum absolute atomic E-state index is 12.1.